The molecule has 1 saturated carbocycles. The van der Waals surface area contributed by atoms with Crippen LogP contribution in [0.1, 0.15) is 55.0 Å². The Kier molecular flexibility index (Phi) is 6.03. The van der Waals surface area contributed by atoms with Crippen molar-refractivity contribution in [3.63, 3.8) is 0 Å². The minimum atomic E-state index is -0.561. The van der Waals surface area contributed by atoms with Gasteiger partial charge in [0, 0.05) is 26.1 Å². The third kappa shape index (κ3) is 4.46. The van der Waals surface area contributed by atoms with Crippen LogP contribution in [0.15, 0.2) is 42.5 Å². The van der Waals surface area contributed by atoms with Gasteiger partial charge in [0.1, 0.15) is 5.75 Å². The highest BCUT2D eigenvalue weighted by molar-refractivity contribution is 5.82. The molecule has 4 rings (SSSR count). The molecule has 0 spiro atoms. The molecule has 0 unspecified atom stereocenters. The number of fused-ring (bicyclic) bond motifs is 1. The summed E-state index contributed by atoms with van der Waals surface area (Å²) in [6.45, 7) is 7.18. The second kappa shape index (κ2) is 8.74. The second-order valence-corrected chi connectivity index (χ2v) is 8.84. The number of nitrogens with zero attached hydrogens (tertiary/aromatic N) is 2. The van der Waals surface area contributed by atoms with Crippen molar-refractivity contribution in [2.45, 2.75) is 52.2 Å². The van der Waals surface area contributed by atoms with Gasteiger partial charge in [0.2, 0.25) is 5.91 Å². The van der Waals surface area contributed by atoms with E-state index in [0.717, 1.165) is 36.9 Å². The maximum absolute atomic E-state index is 13.1. The molecule has 1 fully saturated rings. The Morgan fingerprint density at radius 2 is 1.87 bits per heavy atom. The van der Waals surface area contributed by atoms with E-state index in [1.807, 2.05) is 24.0 Å². The summed E-state index contributed by atoms with van der Waals surface area (Å²) in [7, 11) is 1.78. The molecule has 31 heavy (non-hydrogen) atoms. The number of likely N-dealkylation sites (N-methyl/N-ethyl adjacent to an activating group) is 1. The molecule has 0 aromatic heterocycles. The van der Waals surface area contributed by atoms with Crippen LogP contribution >= 0.6 is 0 Å². The molecule has 5 nitrogen and oxygen atoms in total. The smallest absolute Gasteiger partial charge is 0.263 e. The first-order chi connectivity index (χ1) is 14.9. The summed E-state index contributed by atoms with van der Waals surface area (Å²) >= 11 is 0. The highest BCUT2D eigenvalue weighted by atomic mass is 16.5. The molecule has 164 valence electrons. The fourth-order valence-electron chi connectivity index (χ4n) is 4.30. The third-order valence-corrected chi connectivity index (χ3v) is 6.46. The largest absolute Gasteiger partial charge is 0.481 e. The summed E-state index contributed by atoms with van der Waals surface area (Å²) in [5, 5.41) is 0. The highest BCUT2D eigenvalue weighted by Gasteiger charge is 2.39. The van der Waals surface area contributed by atoms with E-state index in [1.165, 1.54) is 11.1 Å². The third-order valence-electron chi connectivity index (χ3n) is 6.46. The standard InChI is InChI=1S/C26H32N2O3/c1-5-27(4)25(29)18(3)31-22-13-12-19-14-15-28(26(30)21-10-11-21)24(23(19)16-22)20-8-6-17(2)7-9-20/h6-9,12-13,16,18,21,24H,5,10-11,14-15H2,1-4H3/t18-,24+/m1/s1. The lowest BCUT2D eigenvalue weighted by atomic mass is 9.87. The van der Waals surface area contributed by atoms with Crippen LogP contribution in [0, 0.1) is 12.8 Å². The molecule has 0 radical (unpaired) electrons. The fraction of sp³-hybridized carbons (Fsp3) is 0.462. The number of hydrogen-bond acceptors (Lipinski definition) is 3. The minimum Gasteiger partial charge on any atom is -0.481 e. The van der Waals surface area contributed by atoms with E-state index in [9.17, 15) is 9.59 Å². The number of hydrogen-bond donors (Lipinski definition) is 0. The summed E-state index contributed by atoms with van der Waals surface area (Å²) < 4.78 is 6.03. The van der Waals surface area contributed by atoms with Crippen LogP contribution in [0.5, 0.6) is 5.75 Å². The molecule has 5 heteroatoms. The monoisotopic (exact) mass is 420 g/mol. The predicted octanol–water partition coefficient (Wildman–Crippen LogP) is 4.12. The van der Waals surface area contributed by atoms with Crippen LogP contribution in [0.25, 0.3) is 0 Å². The normalized spacial score (nSPS) is 18.8. The van der Waals surface area contributed by atoms with Crippen molar-refractivity contribution in [1.29, 1.82) is 0 Å². The van der Waals surface area contributed by atoms with Crippen molar-refractivity contribution in [3.8, 4) is 5.75 Å². The predicted molar refractivity (Wildman–Crippen MR) is 121 cm³/mol. The molecule has 0 saturated heterocycles. The van der Waals surface area contributed by atoms with E-state index in [1.54, 1.807) is 18.9 Å². The van der Waals surface area contributed by atoms with Crippen LogP contribution in [0.2, 0.25) is 0 Å². The summed E-state index contributed by atoms with van der Waals surface area (Å²) in [5.74, 6) is 1.06. The quantitative estimate of drug-likeness (QED) is 0.706. The average molecular weight is 421 g/mol. The van der Waals surface area contributed by atoms with Gasteiger partial charge in [-0.25, -0.2) is 0 Å². The van der Waals surface area contributed by atoms with Gasteiger partial charge in [0.05, 0.1) is 6.04 Å². The topological polar surface area (TPSA) is 49.9 Å². The number of carbonyl (C=O) groups excluding carboxylic acids is 2. The van der Waals surface area contributed by atoms with E-state index in [4.69, 9.17) is 4.74 Å². The first kappa shape index (κ1) is 21.4. The Morgan fingerprint density at radius 1 is 1.16 bits per heavy atom. The first-order valence-electron chi connectivity index (χ1n) is 11.3. The van der Waals surface area contributed by atoms with Gasteiger partial charge in [-0.05, 0) is 68.9 Å². The highest BCUT2D eigenvalue weighted by Crippen LogP contribution is 2.41. The Morgan fingerprint density at radius 3 is 2.52 bits per heavy atom. The number of amides is 2. The SMILES string of the molecule is CCN(C)C(=O)[C@@H](C)Oc1ccc2c(c1)[C@H](c1ccc(C)cc1)N(C(=O)C1CC1)CC2. The molecule has 0 bridgehead atoms. The van der Waals surface area contributed by atoms with Crippen LogP contribution in [-0.2, 0) is 16.0 Å². The number of rotatable bonds is 6. The lowest BCUT2D eigenvalue weighted by molar-refractivity contribution is -0.136. The summed E-state index contributed by atoms with van der Waals surface area (Å²) in [6, 6.07) is 14.4. The summed E-state index contributed by atoms with van der Waals surface area (Å²) in [5.41, 5.74) is 4.66. The lowest BCUT2D eigenvalue weighted by Gasteiger charge is -2.38. The van der Waals surface area contributed by atoms with Crippen molar-refractivity contribution in [3.05, 3.63) is 64.7 Å². The van der Waals surface area contributed by atoms with Crippen LogP contribution in [0.3, 0.4) is 0 Å². The fourth-order valence-corrected chi connectivity index (χ4v) is 4.30. The van der Waals surface area contributed by atoms with Crippen molar-refractivity contribution in [2.24, 2.45) is 5.92 Å². The molecule has 2 atom stereocenters. The Labute approximate surface area is 185 Å². The van der Waals surface area contributed by atoms with Gasteiger partial charge in [-0.3, -0.25) is 9.59 Å². The molecule has 2 aromatic carbocycles. The Balaban J connectivity index is 1.68. The number of aryl methyl sites for hydroxylation is 1. The van der Waals surface area contributed by atoms with E-state index < -0.39 is 6.10 Å². The van der Waals surface area contributed by atoms with Gasteiger partial charge >= 0.3 is 0 Å². The average Bonchev–Trinajstić information content (AvgIpc) is 3.63. The van der Waals surface area contributed by atoms with Gasteiger partial charge in [-0.15, -0.1) is 0 Å². The zero-order chi connectivity index (χ0) is 22.1. The van der Waals surface area contributed by atoms with Gasteiger partial charge in [0.25, 0.3) is 5.91 Å². The number of carbonyl (C=O) groups is 2. The Bertz CT molecular complexity index is 965. The molecule has 2 amide bonds. The maximum Gasteiger partial charge on any atom is 0.263 e. The van der Waals surface area contributed by atoms with Gasteiger partial charge in [-0.1, -0.05) is 35.9 Å². The van der Waals surface area contributed by atoms with Gasteiger partial charge < -0.3 is 14.5 Å². The zero-order valence-electron chi connectivity index (χ0n) is 18.9. The van der Waals surface area contributed by atoms with E-state index in [-0.39, 0.29) is 23.8 Å². The molecule has 2 aliphatic rings. The van der Waals surface area contributed by atoms with Crippen molar-refractivity contribution in [2.75, 3.05) is 20.1 Å². The summed E-state index contributed by atoms with van der Waals surface area (Å²) in [6.07, 6.45) is 2.27. The molecule has 1 aliphatic carbocycles. The minimum absolute atomic E-state index is 0.0409. The molecular weight excluding hydrogens is 388 g/mol. The van der Waals surface area contributed by atoms with E-state index in [2.05, 4.69) is 37.3 Å². The van der Waals surface area contributed by atoms with Crippen LogP contribution < -0.4 is 4.74 Å². The van der Waals surface area contributed by atoms with E-state index >= 15 is 0 Å². The zero-order valence-corrected chi connectivity index (χ0v) is 18.9. The molecule has 1 aliphatic heterocycles. The van der Waals surface area contributed by atoms with Gasteiger partial charge in [-0.2, -0.15) is 0 Å². The molecule has 0 N–H and O–H groups in total. The lowest BCUT2D eigenvalue weighted by Crippen LogP contribution is -2.41. The maximum atomic E-state index is 13.1. The van der Waals surface area contributed by atoms with Crippen molar-refractivity contribution in [1.82, 2.24) is 9.80 Å². The van der Waals surface area contributed by atoms with Gasteiger partial charge in [0.15, 0.2) is 6.10 Å². The molecular formula is C26H32N2O3. The van der Waals surface area contributed by atoms with Crippen LogP contribution in [-0.4, -0.2) is 47.9 Å². The Hall–Kier alpha value is -2.82. The van der Waals surface area contributed by atoms with E-state index in [0.29, 0.717) is 12.3 Å². The molecule has 2 aromatic rings. The number of benzene rings is 2. The van der Waals surface area contributed by atoms with Crippen molar-refractivity contribution < 1.29 is 14.3 Å². The number of ether oxygens (including phenoxy) is 1. The first-order valence-corrected chi connectivity index (χ1v) is 11.3. The molecule has 1 heterocycles. The van der Waals surface area contributed by atoms with Crippen LogP contribution in [0.4, 0.5) is 0 Å². The second-order valence-electron chi connectivity index (χ2n) is 8.84. The summed E-state index contributed by atoms with van der Waals surface area (Å²) in [4.78, 5) is 29.3. The van der Waals surface area contributed by atoms with Crippen molar-refractivity contribution >= 4 is 11.8 Å².